The summed E-state index contributed by atoms with van der Waals surface area (Å²) in [7, 11) is 0. The van der Waals surface area contributed by atoms with Crippen molar-refractivity contribution >= 4 is 17.6 Å². The number of hydrogen-bond donors (Lipinski definition) is 2. The molecule has 0 unspecified atom stereocenters. The monoisotopic (exact) mass is 246 g/mol. The van der Waals surface area contributed by atoms with Crippen LogP contribution in [0.1, 0.15) is 11.3 Å². The van der Waals surface area contributed by atoms with Crippen molar-refractivity contribution in [2.45, 2.75) is 11.5 Å². The molecule has 0 aliphatic carbocycles. The van der Waals surface area contributed by atoms with Crippen molar-refractivity contribution in [3.63, 3.8) is 0 Å². The molecule has 0 spiro atoms. The Hall–Kier alpha value is -1.73. The molecule has 3 heterocycles. The molecule has 0 aromatic carbocycles. The van der Waals surface area contributed by atoms with Crippen molar-refractivity contribution < 1.29 is 0 Å². The molecule has 1 aliphatic rings. The number of nitrogens with two attached hydrogens (primary N) is 1. The van der Waals surface area contributed by atoms with Crippen molar-refractivity contribution in [3.05, 3.63) is 29.7 Å². The van der Waals surface area contributed by atoms with Crippen LogP contribution in [-0.4, -0.2) is 19.9 Å². The molecule has 0 fully saturated rings. The lowest BCUT2D eigenvalue weighted by molar-refractivity contribution is 1.02. The van der Waals surface area contributed by atoms with Gasteiger partial charge in [-0.1, -0.05) is 0 Å². The van der Waals surface area contributed by atoms with Crippen molar-refractivity contribution in [3.8, 4) is 11.6 Å². The van der Waals surface area contributed by atoms with Gasteiger partial charge in [0, 0.05) is 29.5 Å². The summed E-state index contributed by atoms with van der Waals surface area (Å²) in [6.07, 6.45) is 3.34. The number of hydrogen-bond acceptors (Lipinski definition) is 7. The topological polar surface area (TPSA) is 89.6 Å². The van der Waals surface area contributed by atoms with Crippen LogP contribution in [0.15, 0.2) is 18.5 Å². The highest BCUT2D eigenvalue weighted by Crippen LogP contribution is 2.33. The second-order valence-electron chi connectivity index (χ2n) is 3.53. The Kier molecular flexibility index (Phi) is 2.62. The number of nitrogen functional groups attached to an aromatic ring is 1. The van der Waals surface area contributed by atoms with Crippen LogP contribution >= 0.6 is 11.8 Å². The number of hydrazine groups is 1. The molecule has 1 aliphatic heterocycles. The zero-order chi connectivity index (χ0) is 11.7. The van der Waals surface area contributed by atoms with Gasteiger partial charge in [0.2, 0.25) is 0 Å². The van der Waals surface area contributed by atoms with Crippen molar-refractivity contribution in [1.29, 1.82) is 0 Å². The van der Waals surface area contributed by atoms with Gasteiger partial charge in [0.05, 0.1) is 5.69 Å². The lowest BCUT2D eigenvalue weighted by Crippen LogP contribution is -2.13. The average molecular weight is 246 g/mol. The van der Waals surface area contributed by atoms with Gasteiger partial charge in [-0.05, 0) is 6.07 Å². The summed E-state index contributed by atoms with van der Waals surface area (Å²) in [4.78, 5) is 17.1. The number of aromatic nitrogens is 4. The van der Waals surface area contributed by atoms with E-state index in [2.05, 4.69) is 25.4 Å². The Morgan fingerprint density at radius 2 is 1.94 bits per heavy atom. The molecule has 3 N–H and O–H groups in total. The number of thioether (sulfide) groups is 1. The summed E-state index contributed by atoms with van der Waals surface area (Å²) in [5.74, 6) is 8.95. The Bertz CT molecular complexity index is 544. The standard InChI is InChI=1S/C10H10N6S/c11-16-8-6-4-17-5-7(6)14-10(15-8)9-12-2-1-3-13-9/h1-3H,4-5,11H2,(H,14,15,16). The minimum absolute atomic E-state index is 0.514. The Balaban J connectivity index is 2.13. The minimum Gasteiger partial charge on any atom is -0.308 e. The van der Waals surface area contributed by atoms with Crippen LogP contribution in [0.5, 0.6) is 0 Å². The fraction of sp³-hybridized carbons (Fsp3) is 0.200. The van der Waals surface area contributed by atoms with E-state index in [1.54, 1.807) is 30.2 Å². The van der Waals surface area contributed by atoms with Gasteiger partial charge in [-0.25, -0.2) is 25.8 Å². The van der Waals surface area contributed by atoms with Gasteiger partial charge in [-0.2, -0.15) is 11.8 Å². The Labute approximate surface area is 102 Å². The number of nitrogens with zero attached hydrogens (tertiary/aromatic N) is 4. The van der Waals surface area contributed by atoms with Gasteiger partial charge >= 0.3 is 0 Å². The average Bonchev–Trinajstić information content (AvgIpc) is 2.86. The van der Waals surface area contributed by atoms with Gasteiger partial charge in [-0.3, -0.25) is 0 Å². The molecule has 7 heteroatoms. The van der Waals surface area contributed by atoms with E-state index in [1.165, 1.54) is 0 Å². The molecule has 86 valence electrons. The van der Waals surface area contributed by atoms with Gasteiger partial charge in [0.1, 0.15) is 5.82 Å². The molecule has 0 amide bonds. The first-order valence-electron chi connectivity index (χ1n) is 5.10. The Morgan fingerprint density at radius 1 is 1.12 bits per heavy atom. The van der Waals surface area contributed by atoms with Crippen molar-refractivity contribution in [2.75, 3.05) is 5.43 Å². The second-order valence-corrected chi connectivity index (χ2v) is 4.52. The van der Waals surface area contributed by atoms with Crippen LogP contribution in [0.2, 0.25) is 0 Å². The van der Waals surface area contributed by atoms with Crippen LogP contribution in [0.3, 0.4) is 0 Å². The van der Waals surface area contributed by atoms with Crippen LogP contribution in [0.25, 0.3) is 11.6 Å². The number of fused-ring (bicyclic) bond motifs is 1. The molecule has 2 aromatic heterocycles. The van der Waals surface area contributed by atoms with E-state index >= 15 is 0 Å². The maximum Gasteiger partial charge on any atom is 0.200 e. The van der Waals surface area contributed by atoms with Crippen molar-refractivity contribution in [2.24, 2.45) is 5.84 Å². The summed E-state index contributed by atoms with van der Waals surface area (Å²) < 4.78 is 0. The first kappa shape index (κ1) is 10.4. The molecule has 0 radical (unpaired) electrons. The van der Waals surface area contributed by atoms with E-state index in [0.29, 0.717) is 17.5 Å². The fourth-order valence-corrected chi connectivity index (χ4v) is 2.73. The van der Waals surface area contributed by atoms with Crippen molar-refractivity contribution in [1.82, 2.24) is 19.9 Å². The second kappa shape index (κ2) is 4.27. The van der Waals surface area contributed by atoms with E-state index in [-0.39, 0.29) is 0 Å². The summed E-state index contributed by atoms with van der Waals surface area (Å²) in [5.41, 5.74) is 4.71. The van der Waals surface area contributed by atoms with Gasteiger partial charge in [-0.15, -0.1) is 0 Å². The summed E-state index contributed by atoms with van der Waals surface area (Å²) >= 11 is 1.80. The first-order valence-corrected chi connectivity index (χ1v) is 6.25. The smallest absolute Gasteiger partial charge is 0.200 e. The molecule has 6 nitrogen and oxygen atoms in total. The van der Waals surface area contributed by atoms with Crippen LogP contribution in [0, 0.1) is 0 Å². The lowest BCUT2D eigenvalue weighted by Gasteiger charge is -2.07. The summed E-state index contributed by atoms with van der Waals surface area (Å²) in [6.45, 7) is 0. The van der Waals surface area contributed by atoms with E-state index in [4.69, 9.17) is 5.84 Å². The van der Waals surface area contributed by atoms with Crippen LogP contribution in [0.4, 0.5) is 5.82 Å². The predicted molar refractivity (Wildman–Crippen MR) is 65.9 cm³/mol. The van der Waals surface area contributed by atoms with Crippen LogP contribution in [-0.2, 0) is 11.5 Å². The minimum atomic E-state index is 0.514. The third kappa shape index (κ3) is 1.83. The third-order valence-electron chi connectivity index (χ3n) is 2.48. The van der Waals surface area contributed by atoms with Gasteiger partial charge in [0.25, 0.3) is 0 Å². The molecule has 0 saturated heterocycles. The zero-order valence-electron chi connectivity index (χ0n) is 8.92. The van der Waals surface area contributed by atoms with Gasteiger partial charge in [0.15, 0.2) is 11.6 Å². The van der Waals surface area contributed by atoms with E-state index in [0.717, 1.165) is 22.8 Å². The van der Waals surface area contributed by atoms with E-state index in [1.807, 2.05) is 0 Å². The predicted octanol–water partition coefficient (Wildman–Crippen LogP) is 0.966. The first-order chi connectivity index (χ1) is 8.38. The largest absolute Gasteiger partial charge is 0.308 e. The highest BCUT2D eigenvalue weighted by atomic mass is 32.2. The molecule has 0 saturated carbocycles. The molecule has 0 atom stereocenters. The highest BCUT2D eigenvalue weighted by molar-refractivity contribution is 7.98. The quantitative estimate of drug-likeness (QED) is 0.602. The fourth-order valence-electron chi connectivity index (χ4n) is 1.69. The normalized spacial score (nSPS) is 13.5. The number of nitrogens with one attached hydrogen (secondary N) is 1. The molecule has 17 heavy (non-hydrogen) atoms. The molecule has 2 aromatic rings. The molecule has 0 bridgehead atoms. The number of rotatable bonds is 2. The summed E-state index contributed by atoms with van der Waals surface area (Å²) in [6, 6.07) is 1.76. The third-order valence-corrected chi connectivity index (χ3v) is 3.45. The highest BCUT2D eigenvalue weighted by Gasteiger charge is 2.20. The SMILES string of the molecule is NNc1nc(-c2ncccn2)nc2c1CSC2. The van der Waals surface area contributed by atoms with Crippen LogP contribution < -0.4 is 11.3 Å². The Morgan fingerprint density at radius 3 is 2.71 bits per heavy atom. The molecular formula is C10H10N6S. The number of anilines is 1. The van der Waals surface area contributed by atoms with E-state index < -0.39 is 0 Å². The lowest BCUT2D eigenvalue weighted by atomic mass is 10.2. The maximum atomic E-state index is 5.48. The van der Waals surface area contributed by atoms with Gasteiger partial charge < -0.3 is 5.43 Å². The zero-order valence-corrected chi connectivity index (χ0v) is 9.74. The molecular weight excluding hydrogens is 236 g/mol. The molecule has 3 rings (SSSR count). The maximum absolute atomic E-state index is 5.48. The summed E-state index contributed by atoms with van der Waals surface area (Å²) in [5, 5.41) is 0. The van der Waals surface area contributed by atoms with E-state index in [9.17, 15) is 0 Å².